The number of aliphatic hydroxyl groups excluding tert-OH is 1. The van der Waals surface area contributed by atoms with Gasteiger partial charge in [0.25, 0.3) is 7.82 Å². The molecule has 0 spiro atoms. The van der Waals surface area contributed by atoms with E-state index >= 15 is 0 Å². The second-order valence-electron chi connectivity index (χ2n) is 17.1. The van der Waals surface area contributed by atoms with E-state index < -0.39 is 26.6 Å². The van der Waals surface area contributed by atoms with Gasteiger partial charge in [0.05, 0.1) is 39.9 Å². The smallest absolute Gasteiger partial charge is 0.268 e. The maximum Gasteiger partial charge on any atom is 0.268 e. The number of likely N-dealkylation sites (N-methyl/N-ethyl adjacent to an activating group) is 1. The van der Waals surface area contributed by atoms with Crippen LogP contribution in [0.2, 0.25) is 0 Å². The zero-order chi connectivity index (χ0) is 42.8. The van der Waals surface area contributed by atoms with Gasteiger partial charge >= 0.3 is 0 Å². The van der Waals surface area contributed by atoms with E-state index in [2.05, 4.69) is 67.8 Å². The zero-order valence-corrected chi connectivity index (χ0v) is 39.1. The van der Waals surface area contributed by atoms with Crippen molar-refractivity contribution in [3.05, 3.63) is 60.8 Å². The number of nitrogens with one attached hydrogen (secondary N) is 1. The van der Waals surface area contributed by atoms with Crippen molar-refractivity contribution < 1.29 is 32.9 Å². The van der Waals surface area contributed by atoms with E-state index in [-0.39, 0.29) is 18.9 Å². The molecule has 0 bridgehead atoms. The fraction of sp³-hybridized carbons (Fsp3) is 0.776. The molecule has 0 aromatic heterocycles. The minimum Gasteiger partial charge on any atom is -0.756 e. The molecule has 338 valence electrons. The van der Waals surface area contributed by atoms with Crippen LogP contribution in [0, 0.1) is 0 Å². The summed E-state index contributed by atoms with van der Waals surface area (Å²) in [7, 11) is 1.22. The molecule has 8 nitrogen and oxygen atoms in total. The normalized spacial score (nSPS) is 14.8. The molecular formula is C49H91N2O6P. The maximum absolute atomic E-state index is 12.9. The highest BCUT2D eigenvalue weighted by atomic mass is 31.2. The molecule has 0 aliphatic carbocycles. The van der Waals surface area contributed by atoms with Gasteiger partial charge in [0.15, 0.2) is 0 Å². The first-order valence-electron chi connectivity index (χ1n) is 23.7. The van der Waals surface area contributed by atoms with Crippen molar-refractivity contribution in [1.29, 1.82) is 0 Å². The Hall–Kier alpha value is -1.80. The lowest BCUT2D eigenvalue weighted by molar-refractivity contribution is -0.870. The average molecular weight is 835 g/mol. The van der Waals surface area contributed by atoms with Gasteiger partial charge < -0.3 is 28.8 Å². The molecule has 1 unspecified atom stereocenters. The number of allylic oxidation sites excluding steroid dienone is 9. The summed E-state index contributed by atoms with van der Waals surface area (Å²) in [4.78, 5) is 25.3. The van der Waals surface area contributed by atoms with E-state index in [0.29, 0.717) is 17.4 Å². The Balaban J connectivity index is 4.49. The lowest BCUT2D eigenvalue weighted by atomic mass is 10.0. The van der Waals surface area contributed by atoms with Gasteiger partial charge in [-0.15, -0.1) is 0 Å². The Bertz CT molecular complexity index is 1130. The van der Waals surface area contributed by atoms with Gasteiger partial charge in [0.2, 0.25) is 5.91 Å². The van der Waals surface area contributed by atoms with Crippen LogP contribution in [-0.2, 0) is 18.4 Å². The summed E-state index contributed by atoms with van der Waals surface area (Å²) in [6, 6.07) is -0.916. The molecule has 3 atom stereocenters. The minimum absolute atomic E-state index is 0.0134. The molecule has 9 heteroatoms. The van der Waals surface area contributed by atoms with Crippen molar-refractivity contribution in [2.45, 2.75) is 206 Å². The predicted molar refractivity (Wildman–Crippen MR) is 247 cm³/mol. The van der Waals surface area contributed by atoms with Crippen LogP contribution in [0.3, 0.4) is 0 Å². The number of rotatable bonds is 42. The monoisotopic (exact) mass is 835 g/mol. The number of hydrogen-bond donors (Lipinski definition) is 2. The number of carbonyl (C=O) groups is 1. The summed E-state index contributed by atoms with van der Waals surface area (Å²) < 4.78 is 23.2. The molecule has 0 fully saturated rings. The average Bonchev–Trinajstić information content (AvgIpc) is 3.17. The van der Waals surface area contributed by atoms with Crippen molar-refractivity contribution in [2.24, 2.45) is 0 Å². The van der Waals surface area contributed by atoms with Crippen molar-refractivity contribution in [3.8, 4) is 0 Å². The standard InChI is InChI=1S/C49H91N2O6P/c1-6-8-10-12-14-16-18-20-22-23-24-25-26-27-29-31-33-35-37-39-41-43-49(53)50-47(46-57-58(54,55)56-45-44-51(3,4)5)48(52)42-40-38-36-34-32-30-28-21-19-17-15-13-11-9-7-2/h22-23,25-26,29,31,35,37,40,42,47-48,52H,6-21,24,27-28,30,32-34,36,38-39,41,43-46H2,1-5H3,(H-,50,53,54,55)/b23-22+,26-25+,31-29+,37-35+,42-40+/t47-,48+/m0/s1. The number of amides is 1. The van der Waals surface area contributed by atoms with E-state index in [9.17, 15) is 19.4 Å². The Morgan fingerprint density at radius 2 is 1.00 bits per heavy atom. The van der Waals surface area contributed by atoms with E-state index in [1.165, 1.54) is 122 Å². The van der Waals surface area contributed by atoms with Gasteiger partial charge in [-0.3, -0.25) is 9.36 Å². The molecule has 0 aliphatic heterocycles. The molecule has 1 amide bonds. The van der Waals surface area contributed by atoms with Crippen molar-refractivity contribution in [2.75, 3.05) is 40.9 Å². The SMILES string of the molecule is CCCCCCCCC/C=C/C/C=C/C/C=C/C/C=C/CCCC(=O)N[C@@H](COP(=O)([O-])OCC[N+](C)(C)C)[C@H](O)/C=C/CCCCCCCCCCCCCCC. The number of phosphoric ester groups is 1. The number of aliphatic hydroxyl groups is 1. The first kappa shape index (κ1) is 56.2. The summed E-state index contributed by atoms with van der Waals surface area (Å²) in [6.07, 6.45) is 52.8. The largest absolute Gasteiger partial charge is 0.756 e. The fourth-order valence-corrected chi connectivity index (χ4v) is 7.16. The molecule has 0 rings (SSSR count). The first-order valence-corrected chi connectivity index (χ1v) is 25.1. The Kier molecular flexibility index (Phi) is 39.3. The van der Waals surface area contributed by atoms with Gasteiger partial charge in [-0.25, -0.2) is 0 Å². The molecule has 2 N–H and O–H groups in total. The summed E-state index contributed by atoms with van der Waals surface area (Å²) in [5, 5.41) is 13.8. The second-order valence-corrected chi connectivity index (χ2v) is 18.5. The zero-order valence-electron chi connectivity index (χ0n) is 38.2. The van der Waals surface area contributed by atoms with Crippen LogP contribution in [0.15, 0.2) is 60.8 Å². The number of carbonyl (C=O) groups excluding carboxylic acids is 1. The highest BCUT2D eigenvalue weighted by Gasteiger charge is 2.23. The van der Waals surface area contributed by atoms with Gasteiger partial charge in [0.1, 0.15) is 13.2 Å². The Morgan fingerprint density at radius 3 is 1.45 bits per heavy atom. The molecule has 0 radical (unpaired) electrons. The molecule has 0 aromatic carbocycles. The van der Waals surface area contributed by atoms with E-state index in [1.807, 2.05) is 27.2 Å². The molecule has 58 heavy (non-hydrogen) atoms. The van der Waals surface area contributed by atoms with Gasteiger partial charge in [0, 0.05) is 6.42 Å². The summed E-state index contributed by atoms with van der Waals surface area (Å²) in [5.41, 5.74) is 0. The fourth-order valence-electron chi connectivity index (χ4n) is 6.44. The van der Waals surface area contributed by atoms with Crippen molar-refractivity contribution in [3.63, 3.8) is 0 Å². The molecule has 0 saturated carbocycles. The number of unbranched alkanes of at least 4 members (excludes halogenated alkanes) is 21. The Morgan fingerprint density at radius 1 is 0.603 bits per heavy atom. The molecule has 0 aromatic rings. The number of phosphoric acid groups is 1. The van der Waals surface area contributed by atoms with Crippen LogP contribution in [0.25, 0.3) is 0 Å². The van der Waals surface area contributed by atoms with Gasteiger partial charge in [-0.2, -0.15) is 0 Å². The van der Waals surface area contributed by atoms with Crippen LogP contribution >= 0.6 is 7.82 Å². The van der Waals surface area contributed by atoms with Crippen LogP contribution < -0.4 is 10.2 Å². The molecule has 0 aliphatic rings. The van der Waals surface area contributed by atoms with E-state index in [1.54, 1.807) is 6.08 Å². The summed E-state index contributed by atoms with van der Waals surface area (Å²) in [5.74, 6) is -0.253. The topological polar surface area (TPSA) is 108 Å². The third kappa shape index (κ3) is 42.3. The van der Waals surface area contributed by atoms with Crippen molar-refractivity contribution >= 4 is 13.7 Å². The lowest BCUT2D eigenvalue weighted by Crippen LogP contribution is -2.45. The van der Waals surface area contributed by atoms with Gasteiger partial charge in [-0.1, -0.05) is 190 Å². The lowest BCUT2D eigenvalue weighted by Gasteiger charge is -2.29. The van der Waals surface area contributed by atoms with Crippen LogP contribution in [0.4, 0.5) is 0 Å². The van der Waals surface area contributed by atoms with Crippen LogP contribution in [0.1, 0.15) is 194 Å². The predicted octanol–water partition coefficient (Wildman–Crippen LogP) is 12.8. The molecule has 0 saturated heterocycles. The van der Waals surface area contributed by atoms with E-state index in [0.717, 1.165) is 44.9 Å². The third-order valence-electron chi connectivity index (χ3n) is 10.2. The minimum atomic E-state index is -4.61. The maximum atomic E-state index is 12.9. The highest BCUT2D eigenvalue weighted by Crippen LogP contribution is 2.38. The summed E-state index contributed by atoms with van der Waals surface area (Å²) >= 11 is 0. The Labute approximate surface area is 358 Å². The third-order valence-corrected chi connectivity index (χ3v) is 11.2. The molecular weight excluding hydrogens is 744 g/mol. The van der Waals surface area contributed by atoms with Crippen molar-refractivity contribution in [1.82, 2.24) is 5.32 Å². The number of nitrogens with zero attached hydrogens (tertiary/aromatic N) is 1. The van der Waals surface area contributed by atoms with E-state index in [4.69, 9.17) is 9.05 Å². The number of hydrogen-bond acceptors (Lipinski definition) is 6. The van der Waals surface area contributed by atoms with Gasteiger partial charge in [-0.05, 0) is 57.8 Å². The second kappa shape index (κ2) is 40.6. The quantitative estimate of drug-likeness (QED) is 0.0274. The number of quaternary nitrogens is 1. The van der Waals surface area contributed by atoms with Crippen LogP contribution in [0.5, 0.6) is 0 Å². The van der Waals surface area contributed by atoms with Crippen LogP contribution in [-0.4, -0.2) is 68.5 Å². The molecule has 0 heterocycles. The first-order chi connectivity index (χ1) is 28.0. The highest BCUT2D eigenvalue weighted by molar-refractivity contribution is 7.45. The summed E-state index contributed by atoms with van der Waals surface area (Å²) in [6.45, 7) is 4.59.